The largest absolute Gasteiger partial charge is 3.00 e. The summed E-state index contributed by atoms with van der Waals surface area (Å²) in [5, 5.41) is 7.57. The molecular formula is C23H28Cl2NTi. The normalized spacial score (nSPS) is 16.4. The SMILES string of the molecule is CC1=CC(C)C(c2ccc3ccccc3c2C[N-]C(C)(C)C)=C1C.[Cl-].[Cl-].[Ti+3]. The molecule has 2 aromatic carbocycles. The third kappa shape index (κ3) is 5.72. The molecule has 0 fully saturated rings. The molecule has 1 nitrogen and oxygen atoms in total. The molecule has 1 unspecified atom stereocenters. The Morgan fingerprint density at radius 1 is 0.963 bits per heavy atom. The fourth-order valence-corrected chi connectivity index (χ4v) is 3.66. The van der Waals surface area contributed by atoms with Crippen LogP contribution in [0.4, 0.5) is 0 Å². The van der Waals surface area contributed by atoms with Crippen LogP contribution >= 0.6 is 0 Å². The Morgan fingerprint density at radius 3 is 2.15 bits per heavy atom. The molecule has 0 saturated heterocycles. The van der Waals surface area contributed by atoms with Gasteiger partial charge in [-0.3, -0.25) is 0 Å². The van der Waals surface area contributed by atoms with Crippen molar-refractivity contribution in [2.24, 2.45) is 5.92 Å². The predicted octanol–water partition coefficient (Wildman–Crippen LogP) is 0.887. The first-order chi connectivity index (χ1) is 11.3. The molecule has 3 rings (SSSR count). The molecule has 0 spiro atoms. The van der Waals surface area contributed by atoms with Crippen molar-refractivity contribution in [1.82, 2.24) is 0 Å². The molecule has 27 heavy (non-hydrogen) atoms. The number of benzene rings is 2. The standard InChI is InChI=1S/C23H28N.2ClH.Ti/c1-15-13-16(2)22(17(15)3)20-12-11-18-9-7-8-10-19(18)21(20)14-24-23(4,5)6;;;/h7-13,16H,14H2,1-6H3;2*1H;/q-1;;;+3/p-2. The maximum Gasteiger partial charge on any atom is 3.00 e. The van der Waals surface area contributed by atoms with Gasteiger partial charge < -0.3 is 30.1 Å². The van der Waals surface area contributed by atoms with Crippen molar-refractivity contribution < 1.29 is 46.5 Å². The van der Waals surface area contributed by atoms with Crippen LogP contribution in [0.3, 0.4) is 0 Å². The van der Waals surface area contributed by atoms with Crippen LogP contribution < -0.4 is 24.8 Å². The molecule has 1 aliphatic rings. The summed E-state index contributed by atoms with van der Waals surface area (Å²) in [6, 6.07) is 13.2. The van der Waals surface area contributed by atoms with E-state index in [9.17, 15) is 0 Å². The van der Waals surface area contributed by atoms with Crippen LogP contribution in [0.2, 0.25) is 0 Å². The minimum Gasteiger partial charge on any atom is -1.00 e. The molecule has 1 atom stereocenters. The zero-order chi connectivity index (χ0) is 17.5. The summed E-state index contributed by atoms with van der Waals surface area (Å²) < 4.78 is 0. The van der Waals surface area contributed by atoms with Crippen LogP contribution in [-0.2, 0) is 28.3 Å². The van der Waals surface area contributed by atoms with E-state index in [1.165, 1.54) is 38.6 Å². The Labute approximate surface area is 191 Å². The molecule has 0 heterocycles. The summed E-state index contributed by atoms with van der Waals surface area (Å²) in [5.41, 5.74) is 7.02. The van der Waals surface area contributed by atoms with Crippen molar-refractivity contribution in [3.63, 3.8) is 0 Å². The second-order valence-corrected chi connectivity index (χ2v) is 7.98. The van der Waals surface area contributed by atoms with Gasteiger partial charge in [-0.2, -0.15) is 0 Å². The molecule has 0 bridgehead atoms. The van der Waals surface area contributed by atoms with Crippen LogP contribution in [0.15, 0.2) is 53.6 Å². The van der Waals surface area contributed by atoms with E-state index in [2.05, 4.69) is 84.0 Å². The zero-order valence-electron chi connectivity index (χ0n) is 17.0. The molecule has 1 aliphatic carbocycles. The fourth-order valence-electron chi connectivity index (χ4n) is 3.66. The summed E-state index contributed by atoms with van der Waals surface area (Å²) in [5.74, 6) is 0.472. The third-order valence-corrected chi connectivity index (χ3v) is 4.99. The molecule has 2 aromatic rings. The Balaban J connectivity index is 0.00000225. The summed E-state index contributed by atoms with van der Waals surface area (Å²) in [6.07, 6.45) is 2.38. The van der Waals surface area contributed by atoms with Crippen LogP contribution in [0, 0.1) is 5.92 Å². The van der Waals surface area contributed by atoms with E-state index in [1.807, 2.05) is 0 Å². The predicted molar refractivity (Wildman–Crippen MR) is 106 cm³/mol. The molecular weight excluding hydrogens is 409 g/mol. The topological polar surface area (TPSA) is 14.1 Å². The second kappa shape index (κ2) is 10.3. The summed E-state index contributed by atoms with van der Waals surface area (Å²) in [6.45, 7) is 14.1. The van der Waals surface area contributed by atoms with Gasteiger partial charge in [0.1, 0.15) is 0 Å². The van der Waals surface area contributed by atoms with E-state index >= 15 is 0 Å². The van der Waals surface area contributed by atoms with Crippen LogP contribution in [0.25, 0.3) is 21.7 Å². The first-order valence-corrected chi connectivity index (χ1v) is 8.87. The van der Waals surface area contributed by atoms with Gasteiger partial charge >= 0.3 is 21.7 Å². The van der Waals surface area contributed by atoms with Gasteiger partial charge in [-0.1, -0.05) is 81.3 Å². The molecule has 0 N–H and O–H groups in total. The van der Waals surface area contributed by atoms with E-state index in [1.54, 1.807) is 0 Å². The number of allylic oxidation sites excluding steroid dienone is 4. The van der Waals surface area contributed by atoms with Crippen molar-refractivity contribution in [1.29, 1.82) is 0 Å². The molecule has 4 heteroatoms. The molecule has 0 amide bonds. The van der Waals surface area contributed by atoms with Crippen LogP contribution in [0.5, 0.6) is 0 Å². The number of fused-ring (bicyclic) bond motifs is 1. The van der Waals surface area contributed by atoms with Gasteiger partial charge in [-0.25, -0.2) is 0 Å². The quantitative estimate of drug-likeness (QED) is 0.634. The maximum absolute atomic E-state index is 4.94. The van der Waals surface area contributed by atoms with Crippen LogP contribution in [0.1, 0.15) is 52.7 Å². The van der Waals surface area contributed by atoms with Gasteiger partial charge in [-0.05, 0) is 41.3 Å². The fraction of sp³-hybridized carbons (Fsp3) is 0.391. The Hall–Kier alpha value is -0.566. The van der Waals surface area contributed by atoms with E-state index < -0.39 is 0 Å². The van der Waals surface area contributed by atoms with Crippen molar-refractivity contribution in [3.8, 4) is 0 Å². The summed E-state index contributed by atoms with van der Waals surface area (Å²) in [7, 11) is 0. The molecule has 143 valence electrons. The van der Waals surface area contributed by atoms with E-state index in [-0.39, 0.29) is 52.1 Å². The Morgan fingerprint density at radius 2 is 1.59 bits per heavy atom. The van der Waals surface area contributed by atoms with Crippen molar-refractivity contribution in [3.05, 3.63) is 70.1 Å². The minimum absolute atomic E-state index is 0. The number of rotatable bonds is 3. The number of nitrogens with zero attached hydrogens (tertiary/aromatic N) is 1. The van der Waals surface area contributed by atoms with Gasteiger partial charge in [0.15, 0.2) is 0 Å². The maximum atomic E-state index is 4.94. The summed E-state index contributed by atoms with van der Waals surface area (Å²) in [4.78, 5) is 0. The van der Waals surface area contributed by atoms with E-state index in [4.69, 9.17) is 5.32 Å². The number of halogens is 2. The molecule has 1 radical (unpaired) electrons. The second-order valence-electron chi connectivity index (χ2n) is 7.98. The first-order valence-electron chi connectivity index (χ1n) is 8.87. The average molecular weight is 437 g/mol. The van der Waals surface area contributed by atoms with Gasteiger partial charge in [0.25, 0.3) is 0 Å². The van der Waals surface area contributed by atoms with Gasteiger partial charge in [-0.15, -0.1) is 12.1 Å². The zero-order valence-corrected chi connectivity index (χ0v) is 20.1. The Bertz CT molecular complexity index is 847. The first kappa shape index (κ1) is 26.4. The van der Waals surface area contributed by atoms with E-state index in [0.29, 0.717) is 5.92 Å². The molecule has 0 aromatic heterocycles. The number of hydrogen-bond donors (Lipinski definition) is 0. The van der Waals surface area contributed by atoms with Gasteiger partial charge in [0.05, 0.1) is 0 Å². The Kier molecular flexibility index (Phi) is 10.1. The van der Waals surface area contributed by atoms with E-state index in [0.717, 1.165) is 6.54 Å². The van der Waals surface area contributed by atoms with Crippen molar-refractivity contribution in [2.45, 2.75) is 53.6 Å². The van der Waals surface area contributed by atoms with Gasteiger partial charge in [0.2, 0.25) is 0 Å². The molecule has 0 aliphatic heterocycles. The molecule has 0 saturated carbocycles. The van der Waals surface area contributed by atoms with Crippen LogP contribution in [-0.4, -0.2) is 5.54 Å². The summed E-state index contributed by atoms with van der Waals surface area (Å²) >= 11 is 0. The van der Waals surface area contributed by atoms with Crippen molar-refractivity contribution >= 4 is 16.3 Å². The average Bonchev–Trinajstić information content (AvgIpc) is 2.77. The number of hydrogen-bond acceptors (Lipinski definition) is 0. The third-order valence-electron chi connectivity index (χ3n) is 4.99. The van der Waals surface area contributed by atoms with Crippen molar-refractivity contribution in [2.75, 3.05) is 0 Å². The smallest absolute Gasteiger partial charge is 1.00 e. The monoisotopic (exact) mass is 436 g/mol. The minimum atomic E-state index is -0.0207. The van der Waals surface area contributed by atoms with Gasteiger partial charge in [0, 0.05) is 5.92 Å².